The quantitative estimate of drug-likeness (QED) is 0.802. The van der Waals surface area contributed by atoms with Crippen LogP contribution in [0.4, 0.5) is 0 Å². The summed E-state index contributed by atoms with van der Waals surface area (Å²) >= 11 is 0. The zero-order chi connectivity index (χ0) is 13.6. The summed E-state index contributed by atoms with van der Waals surface area (Å²) in [6.45, 7) is 1.90. The second-order valence-corrected chi connectivity index (χ2v) is 4.54. The first-order valence-electron chi connectivity index (χ1n) is 5.87. The molecule has 0 spiro atoms. The fourth-order valence-corrected chi connectivity index (χ4v) is 2.47. The van der Waals surface area contributed by atoms with Crippen LogP contribution in [0.1, 0.15) is 22.9 Å². The number of allylic oxidation sites excluding steroid dienone is 1. The average molecular weight is 255 g/mol. The fourth-order valence-electron chi connectivity index (χ4n) is 2.47. The first-order valence-corrected chi connectivity index (χ1v) is 5.87. The molecule has 1 aliphatic heterocycles. The Balaban J connectivity index is 2.28. The number of nitrogens with zero attached hydrogens (tertiary/aromatic N) is 3. The number of nitrogens with one attached hydrogen (secondary N) is 1. The Morgan fingerprint density at radius 2 is 2.37 bits per heavy atom. The number of ether oxygens (including phenoxy) is 1. The Kier molecular flexibility index (Phi) is 2.35. The van der Waals surface area contributed by atoms with E-state index in [1.807, 2.05) is 36.9 Å². The van der Waals surface area contributed by atoms with Crippen LogP contribution in [0, 0.1) is 18.3 Å². The Labute approximate surface area is 110 Å². The normalized spacial score (nSPS) is 17.8. The fraction of sp³-hybridized carbons (Fsp3) is 0.231. The van der Waals surface area contributed by atoms with E-state index in [0.717, 1.165) is 17.0 Å². The number of H-pyrrole nitrogens is 1. The molecule has 6 nitrogen and oxygen atoms in total. The number of aromatic amines is 1. The van der Waals surface area contributed by atoms with E-state index in [0.29, 0.717) is 11.5 Å². The highest BCUT2D eigenvalue weighted by molar-refractivity contribution is 5.53. The second-order valence-electron chi connectivity index (χ2n) is 4.54. The molecule has 3 rings (SSSR count). The number of nitrogens with two attached hydrogens (primary N) is 1. The molecule has 0 fully saturated rings. The molecule has 0 amide bonds. The predicted octanol–water partition coefficient (Wildman–Crippen LogP) is 1.27. The molecule has 6 heteroatoms. The molecule has 3 N–H and O–H groups in total. The smallest absolute Gasteiger partial charge is 0.244 e. The molecular weight excluding hydrogens is 242 g/mol. The number of fused-ring (bicyclic) bond motifs is 1. The summed E-state index contributed by atoms with van der Waals surface area (Å²) in [5, 5.41) is 16.3. The van der Waals surface area contributed by atoms with Crippen molar-refractivity contribution < 1.29 is 4.74 Å². The Bertz CT molecular complexity index is 716. The molecule has 2 aromatic heterocycles. The van der Waals surface area contributed by atoms with Crippen molar-refractivity contribution in [3.63, 3.8) is 0 Å². The Morgan fingerprint density at radius 3 is 3.00 bits per heavy atom. The van der Waals surface area contributed by atoms with Crippen molar-refractivity contribution in [1.29, 1.82) is 5.26 Å². The maximum absolute atomic E-state index is 9.37. The topological polar surface area (TPSA) is 92.7 Å². The first-order chi connectivity index (χ1) is 9.13. The zero-order valence-corrected chi connectivity index (χ0v) is 10.6. The van der Waals surface area contributed by atoms with E-state index in [-0.39, 0.29) is 11.8 Å². The van der Waals surface area contributed by atoms with Gasteiger partial charge in [-0.1, -0.05) is 0 Å². The van der Waals surface area contributed by atoms with Gasteiger partial charge in [-0.15, -0.1) is 5.10 Å². The summed E-state index contributed by atoms with van der Waals surface area (Å²) in [4.78, 5) is 0. The molecule has 0 saturated heterocycles. The van der Waals surface area contributed by atoms with Crippen molar-refractivity contribution in [3.8, 4) is 11.9 Å². The molecule has 0 saturated carbocycles. The molecule has 0 radical (unpaired) electrons. The van der Waals surface area contributed by atoms with Crippen molar-refractivity contribution >= 4 is 0 Å². The van der Waals surface area contributed by atoms with Crippen LogP contribution in [-0.4, -0.2) is 14.8 Å². The SMILES string of the molecule is Cc1[nH]nc2c1[C@@H](c1cccn1C)C(C#N)=C(N)O2. The summed E-state index contributed by atoms with van der Waals surface area (Å²) in [5.74, 6) is 0.320. The van der Waals surface area contributed by atoms with Gasteiger partial charge in [0.2, 0.25) is 11.8 Å². The largest absolute Gasteiger partial charge is 0.420 e. The zero-order valence-electron chi connectivity index (χ0n) is 10.6. The van der Waals surface area contributed by atoms with Gasteiger partial charge in [0.05, 0.1) is 11.5 Å². The van der Waals surface area contributed by atoms with E-state index >= 15 is 0 Å². The van der Waals surface area contributed by atoms with Crippen LogP contribution in [0.2, 0.25) is 0 Å². The van der Waals surface area contributed by atoms with Crippen LogP contribution in [0.5, 0.6) is 5.88 Å². The minimum absolute atomic E-state index is 0.118. The van der Waals surface area contributed by atoms with Gasteiger partial charge < -0.3 is 15.0 Å². The second kappa shape index (κ2) is 3.92. The van der Waals surface area contributed by atoms with Crippen molar-refractivity contribution in [3.05, 3.63) is 46.7 Å². The first kappa shape index (κ1) is 11.4. The number of aromatic nitrogens is 3. The van der Waals surface area contributed by atoms with Gasteiger partial charge >= 0.3 is 0 Å². The number of hydrogen-bond donors (Lipinski definition) is 2. The molecule has 0 aliphatic carbocycles. The lowest BCUT2D eigenvalue weighted by atomic mass is 9.87. The van der Waals surface area contributed by atoms with Crippen LogP contribution in [0.3, 0.4) is 0 Å². The van der Waals surface area contributed by atoms with Crippen molar-refractivity contribution in [2.75, 3.05) is 0 Å². The standard InChI is InChI=1S/C13H13N5O/c1-7-10-11(9-4-3-5-18(9)2)8(6-14)12(15)19-13(10)17-16-7/h3-5,11H,15H2,1-2H3,(H,16,17)/t11-/m1/s1. The van der Waals surface area contributed by atoms with Crippen LogP contribution >= 0.6 is 0 Å². The molecule has 0 bridgehead atoms. The molecule has 19 heavy (non-hydrogen) atoms. The van der Waals surface area contributed by atoms with Gasteiger partial charge in [0, 0.05) is 24.6 Å². The highest BCUT2D eigenvalue weighted by Gasteiger charge is 2.35. The van der Waals surface area contributed by atoms with Crippen molar-refractivity contribution in [2.45, 2.75) is 12.8 Å². The average Bonchev–Trinajstić information content (AvgIpc) is 2.95. The van der Waals surface area contributed by atoms with Crippen LogP contribution in [-0.2, 0) is 7.05 Å². The molecule has 0 unspecified atom stereocenters. The summed E-state index contributed by atoms with van der Waals surface area (Å²) in [6.07, 6.45) is 1.94. The minimum Gasteiger partial charge on any atom is -0.420 e. The number of hydrogen-bond acceptors (Lipinski definition) is 4. The van der Waals surface area contributed by atoms with E-state index in [2.05, 4.69) is 16.3 Å². The molecule has 1 aliphatic rings. The summed E-state index contributed by atoms with van der Waals surface area (Å²) in [7, 11) is 1.94. The number of rotatable bonds is 1. The lowest BCUT2D eigenvalue weighted by Crippen LogP contribution is -2.22. The molecule has 0 aromatic carbocycles. The monoisotopic (exact) mass is 255 g/mol. The van der Waals surface area contributed by atoms with Gasteiger partial charge in [0.25, 0.3) is 0 Å². The van der Waals surface area contributed by atoms with E-state index in [4.69, 9.17) is 10.5 Å². The number of aryl methyl sites for hydroxylation is 2. The van der Waals surface area contributed by atoms with Crippen LogP contribution in [0.25, 0.3) is 0 Å². The van der Waals surface area contributed by atoms with Gasteiger partial charge in [-0.05, 0) is 19.1 Å². The highest BCUT2D eigenvalue weighted by Crippen LogP contribution is 2.42. The molecule has 3 heterocycles. The Hall–Kier alpha value is -2.68. The third-order valence-corrected chi connectivity index (χ3v) is 3.41. The van der Waals surface area contributed by atoms with Gasteiger partial charge in [-0.3, -0.25) is 5.10 Å². The van der Waals surface area contributed by atoms with Gasteiger partial charge in [0.15, 0.2) is 0 Å². The summed E-state index contributed by atoms with van der Waals surface area (Å²) < 4.78 is 7.38. The minimum atomic E-state index is -0.243. The van der Waals surface area contributed by atoms with Crippen molar-refractivity contribution in [2.24, 2.45) is 12.8 Å². The van der Waals surface area contributed by atoms with Crippen LogP contribution < -0.4 is 10.5 Å². The lowest BCUT2D eigenvalue weighted by Gasteiger charge is -2.23. The molecular formula is C13H13N5O. The number of nitriles is 1. The highest BCUT2D eigenvalue weighted by atomic mass is 16.5. The predicted molar refractivity (Wildman–Crippen MR) is 68.0 cm³/mol. The van der Waals surface area contributed by atoms with Crippen molar-refractivity contribution in [1.82, 2.24) is 14.8 Å². The Morgan fingerprint density at radius 1 is 1.58 bits per heavy atom. The van der Waals surface area contributed by atoms with E-state index < -0.39 is 0 Å². The summed E-state index contributed by atoms with van der Waals surface area (Å²) in [5.41, 5.74) is 8.97. The lowest BCUT2D eigenvalue weighted by molar-refractivity contribution is 0.377. The third kappa shape index (κ3) is 1.52. The maximum atomic E-state index is 9.37. The van der Waals surface area contributed by atoms with E-state index in [1.165, 1.54) is 0 Å². The molecule has 1 atom stereocenters. The molecule has 2 aromatic rings. The van der Waals surface area contributed by atoms with E-state index in [9.17, 15) is 5.26 Å². The van der Waals surface area contributed by atoms with E-state index in [1.54, 1.807) is 0 Å². The summed E-state index contributed by atoms with van der Waals surface area (Å²) in [6, 6.07) is 6.06. The van der Waals surface area contributed by atoms with Crippen LogP contribution in [0.15, 0.2) is 29.8 Å². The maximum Gasteiger partial charge on any atom is 0.244 e. The molecule has 96 valence electrons. The van der Waals surface area contributed by atoms with Gasteiger partial charge in [0.1, 0.15) is 11.6 Å². The van der Waals surface area contributed by atoms with Gasteiger partial charge in [-0.2, -0.15) is 5.26 Å². The third-order valence-electron chi connectivity index (χ3n) is 3.41. The van der Waals surface area contributed by atoms with Gasteiger partial charge in [-0.25, -0.2) is 0 Å².